The van der Waals surface area contributed by atoms with Gasteiger partial charge in [-0.15, -0.1) is 0 Å². The van der Waals surface area contributed by atoms with Crippen molar-refractivity contribution in [1.29, 1.82) is 0 Å². The number of para-hydroxylation sites is 2. The lowest BCUT2D eigenvalue weighted by Gasteiger charge is -2.12. The molecule has 0 aliphatic heterocycles. The number of fused-ring (bicyclic) bond motifs is 4. The molecule has 0 radical (unpaired) electrons. The second-order valence-corrected chi connectivity index (χ2v) is 11.9. The molecule has 2 aromatic heterocycles. The Morgan fingerprint density at radius 1 is 0.340 bits per heavy atom. The number of aromatic nitrogens is 3. The minimum absolute atomic E-state index is 0.725. The monoisotopic (exact) mass is 599 g/mol. The molecular weight excluding hydrogens is 571 g/mol. The van der Waals surface area contributed by atoms with Gasteiger partial charge in [-0.1, -0.05) is 133 Å². The van der Waals surface area contributed by atoms with Crippen molar-refractivity contribution < 1.29 is 0 Å². The Morgan fingerprint density at radius 2 is 0.872 bits per heavy atom. The van der Waals surface area contributed by atoms with Crippen LogP contribution in [0.2, 0.25) is 0 Å². The smallest absolute Gasteiger partial charge is 0.160 e. The predicted octanol–water partition coefficient (Wildman–Crippen LogP) is 11.4. The van der Waals surface area contributed by atoms with Gasteiger partial charge in [-0.2, -0.15) is 0 Å². The standard InChI is InChI=1S/C44H29N3/c1-4-12-30(13-5-1)31-20-22-32(23-21-31)43-39-29-34(24-26-40(39)45-44(46-43)33-14-6-2-7-15-33)35-25-27-42-38(28-35)37-18-10-11-19-41(37)47(42)36-16-8-3-9-17-36/h1-29H. The summed E-state index contributed by atoms with van der Waals surface area (Å²) >= 11 is 0. The van der Waals surface area contributed by atoms with Crippen LogP contribution >= 0.6 is 0 Å². The van der Waals surface area contributed by atoms with E-state index in [1.54, 1.807) is 0 Å². The highest BCUT2D eigenvalue weighted by atomic mass is 15.0. The molecule has 0 aliphatic rings. The van der Waals surface area contributed by atoms with Crippen LogP contribution in [0.25, 0.3) is 83.3 Å². The van der Waals surface area contributed by atoms with Crippen LogP contribution in [-0.2, 0) is 0 Å². The lowest BCUT2D eigenvalue weighted by Crippen LogP contribution is -1.96. The van der Waals surface area contributed by atoms with Crippen LogP contribution in [0, 0.1) is 0 Å². The molecule has 0 fully saturated rings. The molecule has 7 aromatic carbocycles. The number of benzene rings is 7. The molecule has 0 amide bonds. The van der Waals surface area contributed by atoms with E-state index < -0.39 is 0 Å². The fourth-order valence-corrected chi connectivity index (χ4v) is 6.70. The maximum atomic E-state index is 5.19. The van der Waals surface area contributed by atoms with E-state index >= 15 is 0 Å². The predicted molar refractivity (Wildman–Crippen MR) is 196 cm³/mol. The third-order valence-corrected chi connectivity index (χ3v) is 9.01. The SMILES string of the molecule is c1ccc(-c2ccc(-c3nc(-c4ccccc4)nc4ccc(-c5ccc6c(c5)c5ccccc5n6-c5ccccc5)cc34)cc2)cc1. The molecule has 47 heavy (non-hydrogen) atoms. The van der Waals surface area contributed by atoms with Crippen molar-refractivity contribution >= 4 is 32.7 Å². The summed E-state index contributed by atoms with van der Waals surface area (Å²) in [6, 6.07) is 62.0. The van der Waals surface area contributed by atoms with Crippen LogP contribution in [0.5, 0.6) is 0 Å². The molecule has 0 atom stereocenters. The largest absolute Gasteiger partial charge is 0.309 e. The quantitative estimate of drug-likeness (QED) is 0.197. The summed E-state index contributed by atoms with van der Waals surface area (Å²) in [6.45, 7) is 0. The van der Waals surface area contributed by atoms with E-state index in [9.17, 15) is 0 Å². The number of hydrogen-bond acceptors (Lipinski definition) is 2. The molecule has 0 bridgehead atoms. The van der Waals surface area contributed by atoms with E-state index in [1.165, 1.54) is 32.9 Å². The maximum absolute atomic E-state index is 5.19. The first-order chi connectivity index (χ1) is 23.3. The highest BCUT2D eigenvalue weighted by Gasteiger charge is 2.16. The Kier molecular flexibility index (Phi) is 6.46. The van der Waals surface area contributed by atoms with Gasteiger partial charge >= 0.3 is 0 Å². The first kappa shape index (κ1) is 27.0. The minimum Gasteiger partial charge on any atom is -0.309 e. The molecule has 0 spiro atoms. The van der Waals surface area contributed by atoms with E-state index in [2.05, 4.69) is 156 Å². The maximum Gasteiger partial charge on any atom is 0.160 e. The van der Waals surface area contributed by atoms with Crippen molar-refractivity contribution in [2.24, 2.45) is 0 Å². The average Bonchev–Trinajstić information content (AvgIpc) is 3.49. The second-order valence-electron chi connectivity index (χ2n) is 11.9. The van der Waals surface area contributed by atoms with E-state index in [-0.39, 0.29) is 0 Å². The Labute approximate surface area is 273 Å². The van der Waals surface area contributed by atoms with Crippen molar-refractivity contribution in [2.75, 3.05) is 0 Å². The molecule has 0 saturated heterocycles. The zero-order valence-corrected chi connectivity index (χ0v) is 25.6. The van der Waals surface area contributed by atoms with Crippen molar-refractivity contribution in [1.82, 2.24) is 14.5 Å². The van der Waals surface area contributed by atoms with Gasteiger partial charge in [0.05, 0.1) is 22.2 Å². The topological polar surface area (TPSA) is 30.7 Å². The van der Waals surface area contributed by atoms with Crippen LogP contribution in [-0.4, -0.2) is 14.5 Å². The Morgan fingerprint density at radius 3 is 1.62 bits per heavy atom. The molecule has 0 saturated carbocycles. The van der Waals surface area contributed by atoms with Gasteiger partial charge in [0.1, 0.15) is 0 Å². The fraction of sp³-hybridized carbons (Fsp3) is 0. The molecular formula is C44H29N3. The van der Waals surface area contributed by atoms with Gasteiger partial charge < -0.3 is 4.57 Å². The van der Waals surface area contributed by atoms with Crippen LogP contribution in [0.3, 0.4) is 0 Å². The summed E-state index contributed by atoms with van der Waals surface area (Å²) < 4.78 is 2.35. The molecule has 0 aliphatic carbocycles. The molecule has 3 nitrogen and oxygen atoms in total. The van der Waals surface area contributed by atoms with Gasteiger partial charge in [0.2, 0.25) is 0 Å². The minimum atomic E-state index is 0.725. The first-order valence-electron chi connectivity index (χ1n) is 15.9. The first-order valence-corrected chi connectivity index (χ1v) is 15.9. The van der Waals surface area contributed by atoms with E-state index in [4.69, 9.17) is 9.97 Å². The van der Waals surface area contributed by atoms with E-state index in [0.717, 1.165) is 50.4 Å². The summed E-state index contributed by atoms with van der Waals surface area (Å²) in [5, 5.41) is 3.50. The summed E-state index contributed by atoms with van der Waals surface area (Å²) in [5.41, 5.74) is 12.1. The van der Waals surface area contributed by atoms with Crippen molar-refractivity contribution in [3.8, 4) is 50.6 Å². The normalized spacial score (nSPS) is 11.4. The third kappa shape index (κ3) is 4.77. The average molecular weight is 600 g/mol. The number of hydrogen-bond donors (Lipinski definition) is 0. The molecule has 9 rings (SSSR count). The number of rotatable bonds is 5. The van der Waals surface area contributed by atoms with E-state index in [1.807, 2.05) is 24.3 Å². The van der Waals surface area contributed by atoms with Gasteiger partial charge in [0.25, 0.3) is 0 Å². The highest BCUT2D eigenvalue weighted by molar-refractivity contribution is 6.10. The van der Waals surface area contributed by atoms with Gasteiger partial charge in [-0.05, 0) is 64.7 Å². The van der Waals surface area contributed by atoms with Crippen molar-refractivity contribution in [2.45, 2.75) is 0 Å². The number of nitrogens with zero attached hydrogens (tertiary/aromatic N) is 3. The lowest BCUT2D eigenvalue weighted by atomic mass is 9.97. The molecule has 3 heteroatoms. The van der Waals surface area contributed by atoms with Gasteiger partial charge in [-0.3, -0.25) is 0 Å². The third-order valence-electron chi connectivity index (χ3n) is 9.01. The zero-order chi connectivity index (χ0) is 31.2. The molecule has 2 heterocycles. The summed E-state index contributed by atoms with van der Waals surface area (Å²) in [4.78, 5) is 10.2. The van der Waals surface area contributed by atoms with Crippen molar-refractivity contribution in [3.05, 3.63) is 176 Å². The van der Waals surface area contributed by atoms with Gasteiger partial charge in [0.15, 0.2) is 5.82 Å². The molecule has 9 aromatic rings. The van der Waals surface area contributed by atoms with E-state index in [0.29, 0.717) is 0 Å². The summed E-state index contributed by atoms with van der Waals surface area (Å²) in [5.74, 6) is 0.725. The lowest BCUT2D eigenvalue weighted by molar-refractivity contribution is 1.18. The Bertz CT molecular complexity index is 2530. The van der Waals surface area contributed by atoms with Crippen LogP contribution in [0.4, 0.5) is 0 Å². The molecule has 0 N–H and O–H groups in total. The van der Waals surface area contributed by atoms with Gasteiger partial charge in [-0.25, -0.2) is 9.97 Å². The Hall–Kier alpha value is -6.32. The summed E-state index contributed by atoms with van der Waals surface area (Å²) in [7, 11) is 0. The molecule has 0 unspecified atom stereocenters. The van der Waals surface area contributed by atoms with Crippen LogP contribution < -0.4 is 0 Å². The zero-order valence-electron chi connectivity index (χ0n) is 25.6. The summed E-state index contributed by atoms with van der Waals surface area (Å²) in [6.07, 6.45) is 0. The van der Waals surface area contributed by atoms with Crippen molar-refractivity contribution in [3.63, 3.8) is 0 Å². The second kappa shape index (κ2) is 11.2. The van der Waals surface area contributed by atoms with Crippen LogP contribution in [0.1, 0.15) is 0 Å². The fourth-order valence-electron chi connectivity index (χ4n) is 6.70. The molecule has 220 valence electrons. The Balaban J connectivity index is 1.22. The van der Waals surface area contributed by atoms with Crippen LogP contribution in [0.15, 0.2) is 176 Å². The van der Waals surface area contributed by atoms with Gasteiger partial charge in [0, 0.05) is 33.0 Å². The highest BCUT2D eigenvalue weighted by Crippen LogP contribution is 2.37.